The van der Waals surface area contributed by atoms with Crippen LogP contribution in [0.1, 0.15) is 59.8 Å². The highest BCUT2D eigenvalue weighted by atomic mass is 16.6. The Kier molecular flexibility index (Phi) is 9.74. The van der Waals surface area contributed by atoms with E-state index in [0.29, 0.717) is 6.54 Å². The van der Waals surface area contributed by atoms with Gasteiger partial charge < -0.3 is 15.4 Å². The van der Waals surface area contributed by atoms with Gasteiger partial charge in [0.2, 0.25) is 0 Å². The van der Waals surface area contributed by atoms with E-state index in [1.54, 1.807) is 0 Å². The molecule has 0 rings (SSSR count). The van der Waals surface area contributed by atoms with Crippen LogP contribution >= 0.6 is 0 Å². The van der Waals surface area contributed by atoms with E-state index in [1.807, 2.05) is 20.8 Å². The van der Waals surface area contributed by atoms with Crippen molar-refractivity contribution >= 4 is 6.09 Å². The average Bonchev–Trinajstić information content (AvgIpc) is 2.24. The van der Waals surface area contributed by atoms with Crippen LogP contribution < -0.4 is 10.6 Å². The van der Waals surface area contributed by atoms with Gasteiger partial charge >= 0.3 is 6.09 Å². The van der Waals surface area contributed by atoms with Gasteiger partial charge in [0.05, 0.1) is 0 Å². The zero-order chi connectivity index (χ0) is 13.9. The Morgan fingerprint density at radius 1 is 1.00 bits per heavy atom. The highest BCUT2D eigenvalue weighted by Crippen LogP contribution is 2.06. The molecule has 0 saturated carbocycles. The molecule has 0 unspecified atom stereocenters. The van der Waals surface area contributed by atoms with Crippen molar-refractivity contribution in [2.24, 2.45) is 0 Å². The summed E-state index contributed by atoms with van der Waals surface area (Å²) < 4.78 is 5.14. The molecule has 0 aromatic rings. The van der Waals surface area contributed by atoms with Crippen molar-refractivity contribution < 1.29 is 9.53 Å². The summed E-state index contributed by atoms with van der Waals surface area (Å²) in [5.74, 6) is 0. The van der Waals surface area contributed by atoms with E-state index in [9.17, 15) is 4.79 Å². The second-order valence-corrected chi connectivity index (χ2v) is 5.59. The lowest BCUT2D eigenvalue weighted by molar-refractivity contribution is 0.0527. The second-order valence-electron chi connectivity index (χ2n) is 5.59. The summed E-state index contributed by atoms with van der Waals surface area (Å²) in [6.07, 6.45) is 5.57. The van der Waals surface area contributed by atoms with E-state index in [2.05, 4.69) is 17.6 Å². The Labute approximate surface area is 112 Å². The first-order valence-corrected chi connectivity index (χ1v) is 7.13. The number of hydrogen-bond donors (Lipinski definition) is 2. The molecular weight excluding hydrogens is 228 g/mol. The largest absolute Gasteiger partial charge is 0.444 e. The van der Waals surface area contributed by atoms with Gasteiger partial charge in [0.25, 0.3) is 0 Å². The molecule has 0 heterocycles. The van der Waals surface area contributed by atoms with Crippen LogP contribution in [0.3, 0.4) is 0 Å². The SMILES string of the molecule is CCCCCNCCCCNC(=O)OC(C)(C)C. The third kappa shape index (κ3) is 13.3. The van der Waals surface area contributed by atoms with Crippen molar-refractivity contribution in [2.75, 3.05) is 19.6 Å². The monoisotopic (exact) mass is 258 g/mol. The number of carbonyl (C=O) groups is 1. The van der Waals surface area contributed by atoms with Crippen LogP contribution in [0, 0.1) is 0 Å². The van der Waals surface area contributed by atoms with Gasteiger partial charge in [-0.15, -0.1) is 0 Å². The number of nitrogens with one attached hydrogen (secondary N) is 2. The van der Waals surface area contributed by atoms with Crippen LogP contribution in [0.2, 0.25) is 0 Å². The maximum atomic E-state index is 11.3. The Morgan fingerprint density at radius 2 is 1.56 bits per heavy atom. The maximum Gasteiger partial charge on any atom is 0.407 e. The Morgan fingerprint density at radius 3 is 2.11 bits per heavy atom. The van der Waals surface area contributed by atoms with E-state index in [4.69, 9.17) is 4.74 Å². The normalized spacial score (nSPS) is 11.3. The van der Waals surface area contributed by atoms with Gasteiger partial charge in [0.1, 0.15) is 5.60 Å². The Balaban J connectivity index is 3.23. The fourth-order valence-corrected chi connectivity index (χ4v) is 1.50. The molecule has 0 aliphatic carbocycles. The zero-order valence-corrected chi connectivity index (χ0v) is 12.5. The predicted octanol–water partition coefficient (Wildman–Crippen LogP) is 3.07. The number of unbranched alkanes of at least 4 members (excludes halogenated alkanes) is 3. The summed E-state index contributed by atoms with van der Waals surface area (Å²) in [5.41, 5.74) is -0.412. The molecule has 18 heavy (non-hydrogen) atoms. The van der Waals surface area contributed by atoms with Gasteiger partial charge in [-0.05, 0) is 53.1 Å². The van der Waals surface area contributed by atoms with Gasteiger partial charge in [-0.2, -0.15) is 0 Å². The van der Waals surface area contributed by atoms with Crippen molar-refractivity contribution in [3.05, 3.63) is 0 Å². The molecule has 0 bridgehead atoms. The van der Waals surface area contributed by atoms with Gasteiger partial charge in [0.15, 0.2) is 0 Å². The molecule has 108 valence electrons. The standard InChI is InChI=1S/C14H30N2O2/c1-5-6-7-10-15-11-8-9-12-16-13(17)18-14(2,3)4/h15H,5-12H2,1-4H3,(H,16,17). The van der Waals surface area contributed by atoms with Crippen LogP contribution in [-0.2, 0) is 4.74 Å². The highest BCUT2D eigenvalue weighted by molar-refractivity contribution is 5.67. The third-order valence-corrected chi connectivity index (χ3v) is 2.41. The lowest BCUT2D eigenvalue weighted by Gasteiger charge is -2.19. The molecule has 0 fully saturated rings. The van der Waals surface area contributed by atoms with E-state index >= 15 is 0 Å². The summed E-state index contributed by atoms with van der Waals surface area (Å²) in [6, 6.07) is 0. The molecule has 4 heteroatoms. The maximum absolute atomic E-state index is 11.3. The molecule has 0 spiro atoms. The second kappa shape index (κ2) is 10.2. The lowest BCUT2D eigenvalue weighted by atomic mass is 10.2. The molecule has 0 aromatic heterocycles. The molecule has 0 saturated heterocycles. The van der Waals surface area contributed by atoms with Crippen LogP contribution in [0.25, 0.3) is 0 Å². The average molecular weight is 258 g/mol. The van der Waals surface area contributed by atoms with Gasteiger partial charge in [-0.3, -0.25) is 0 Å². The first-order chi connectivity index (χ1) is 8.45. The lowest BCUT2D eigenvalue weighted by Crippen LogP contribution is -2.33. The van der Waals surface area contributed by atoms with Crippen molar-refractivity contribution in [1.82, 2.24) is 10.6 Å². The Bertz CT molecular complexity index is 212. The van der Waals surface area contributed by atoms with Crippen molar-refractivity contribution in [2.45, 2.75) is 65.4 Å². The molecule has 2 N–H and O–H groups in total. The van der Waals surface area contributed by atoms with E-state index in [-0.39, 0.29) is 6.09 Å². The zero-order valence-electron chi connectivity index (χ0n) is 12.5. The van der Waals surface area contributed by atoms with Gasteiger partial charge in [0, 0.05) is 6.54 Å². The predicted molar refractivity (Wildman–Crippen MR) is 75.9 cm³/mol. The topological polar surface area (TPSA) is 50.4 Å². The van der Waals surface area contributed by atoms with Crippen molar-refractivity contribution in [1.29, 1.82) is 0 Å². The number of amides is 1. The minimum atomic E-state index is -0.412. The summed E-state index contributed by atoms with van der Waals surface area (Å²) in [4.78, 5) is 11.3. The smallest absolute Gasteiger partial charge is 0.407 e. The Hall–Kier alpha value is -0.770. The number of carbonyl (C=O) groups excluding carboxylic acids is 1. The van der Waals surface area contributed by atoms with Crippen molar-refractivity contribution in [3.63, 3.8) is 0 Å². The first kappa shape index (κ1) is 17.2. The van der Waals surface area contributed by atoms with E-state index < -0.39 is 5.60 Å². The molecular formula is C14H30N2O2. The van der Waals surface area contributed by atoms with Gasteiger partial charge in [-0.25, -0.2) is 4.79 Å². The minimum Gasteiger partial charge on any atom is -0.444 e. The first-order valence-electron chi connectivity index (χ1n) is 7.13. The number of ether oxygens (including phenoxy) is 1. The molecule has 4 nitrogen and oxygen atoms in total. The molecule has 1 amide bonds. The van der Waals surface area contributed by atoms with Crippen LogP contribution in [0.5, 0.6) is 0 Å². The quantitative estimate of drug-likeness (QED) is 0.625. The molecule has 0 aliphatic rings. The fourth-order valence-electron chi connectivity index (χ4n) is 1.50. The van der Waals surface area contributed by atoms with Crippen LogP contribution in [0.15, 0.2) is 0 Å². The van der Waals surface area contributed by atoms with E-state index in [0.717, 1.165) is 25.9 Å². The number of hydrogen-bond acceptors (Lipinski definition) is 3. The third-order valence-electron chi connectivity index (χ3n) is 2.41. The van der Waals surface area contributed by atoms with Crippen LogP contribution in [0.4, 0.5) is 4.79 Å². The number of rotatable bonds is 9. The number of alkyl carbamates (subject to hydrolysis) is 1. The van der Waals surface area contributed by atoms with Crippen LogP contribution in [-0.4, -0.2) is 31.3 Å². The minimum absolute atomic E-state index is 0.321. The molecule has 0 radical (unpaired) electrons. The van der Waals surface area contributed by atoms with Gasteiger partial charge in [-0.1, -0.05) is 19.8 Å². The molecule has 0 aliphatic heterocycles. The summed E-state index contributed by atoms with van der Waals surface area (Å²) in [6.45, 7) is 10.6. The van der Waals surface area contributed by atoms with Crippen molar-refractivity contribution in [3.8, 4) is 0 Å². The van der Waals surface area contributed by atoms with E-state index in [1.165, 1.54) is 19.3 Å². The summed E-state index contributed by atoms with van der Waals surface area (Å²) in [5, 5.41) is 6.16. The highest BCUT2D eigenvalue weighted by Gasteiger charge is 2.15. The summed E-state index contributed by atoms with van der Waals surface area (Å²) in [7, 11) is 0. The summed E-state index contributed by atoms with van der Waals surface area (Å²) >= 11 is 0. The molecule has 0 atom stereocenters. The molecule has 0 aromatic carbocycles. The fraction of sp³-hybridized carbons (Fsp3) is 0.929.